The molecule has 0 atom stereocenters. The Morgan fingerprint density at radius 1 is 1.29 bits per heavy atom. The number of nitrogens with one attached hydrogen (secondary N) is 1. The maximum atomic E-state index is 9.26. The number of aromatic nitrogens is 2. The molecular formula is C16H14N4S. The second kappa shape index (κ2) is 5.90. The molecule has 0 saturated heterocycles. The number of thiazole rings is 1. The van der Waals surface area contributed by atoms with Crippen molar-refractivity contribution in [1.29, 1.82) is 5.26 Å². The zero-order chi connectivity index (χ0) is 14.7. The molecule has 2 heterocycles. The first-order chi connectivity index (χ1) is 10.3. The zero-order valence-corrected chi connectivity index (χ0v) is 12.4. The van der Waals surface area contributed by atoms with Gasteiger partial charge in [-0.25, -0.2) is 9.97 Å². The predicted octanol–water partition coefficient (Wildman–Crippen LogP) is 3.53. The molecule has 4 nitrogen and oxygen atoms in total. The second-order valence-electron chi connectivity index (χ2n) is 4.72. The van der Waals surface area contributed by atoms with Crippen molar-refractivity contribution < 1.29 is 0 Å². The Morgan fingerprint density at radius 2 is 2.14 bits per heavy atom. The second-order valence-corrected chi connectivity index (χ2v) is 5.79. The first-order valence-electron chi connectivity index (χ1n) is 6.71. The van der Waals surface area contributed by atoms with E-state index in [0.717, 1.165) is 28.0 Å². The monoisotopic (exact) mass is 294 g/mol. The van der Waals surface area contributed by atoms with Gasteiger partial charge in [0.05, 0.1) is 21.8 Å². The summed E-state index contributed by atoms with van der Waals surface area (Å²) in [5, 5.41) is 16.6. The van der Waals surface area contributed by atoms with Crippen LogP contribution in [0.25, 0.3) is 10.9 Å². The number of anilines is 1. The number of fused-ring (bicyclic) bond motifs is 1. The van der Waals surface area contributed by atoms with Gasteiger partial charge in [0.25, 0.3) is 0 Å². The van der Waals surface area contributed by atoms with E-state index in [1.54, 1.807) is 11.3 Å². The lowest BCUT2D eigenvalue weighted by Gasteiger charge is -2.08. The number of nitriles is 1. The Hall–Kier alpha value is -2.45. The lowest BCUT2D eigenvalue weighted by molar-refractivity contribution is 0.961. The van der Waals surface area contributed by atoms with Crippen LogP contribution < -0.4 is 5.32 Å². The van der Waals surface area contributed by atoms with Crippen LogP contribution in [0.3, 0.4) is 0 Å². The number of benzene rings is 1. The third-order valence-electron chi connectivity index (χ3n) is 3.18. The number of hydrogen-bond acceptors (Lipinski definition) is 5. The van der Waals surface area contributed by atoms with Gasteiger partial charge in [-0.15, -0.1) is 11.3 Å². The van der Waals surface area contributed by atoms with Gasteiger partial charge in [-0.3, -0.25) is 0 Å². The van der Waals surface area contributed by atoms with Crippen LogP contribution in [0.2, 0.25) is 0 Å². The van der Waals surface area contributed by atoms with Gasteiger partial charge >= 0.3 is 0 Å². The number of para-hydroxylation sites is 1. The van der Waals surface area contributed by atoms with Crippen molar-refractivity contribution >= 4 is 28.1 Å². The summed E-state index contributed by atoms with van der Waals surface area (Å²) in [6.07, 6.45) is 0.823. The fourth-order valence-electron chi connectivity index (χ4n) is 2.17. The lowest BCUT2D eigenvalue weighted by Crippen LogP contribution is -2.08. The minimum absolute atomic E-state index is 0.572. The Kier molecular flexibility index (Phi) is 3.80. The topological polar surface area (TPSA) is 61.6 Å². The standard InChI is InChI=1S/C16H14N4S/c1-11-19-14(10-21-11)6-7-18-16-13(9-17)8-12-4-2-3-5-15(12)20-16/h2-5,8,10H,6-7H2,1H3,(H,18,20). The zero-order valence-electron chi connectivity index (χ0n) is 11.6. The largest absolute Gasteiger partial charge is 0.369 e. The molecule has 0 aliphatic rings. The SMILES string of the molecule is Cc1nc(CCNc2nc3ccccc3cc2C#N)cs1. The Bertz CT molecular complexity index is 817. The average Bonchev–Trinajstić information content (AvgIpc) is 2.92. The first kappa shape index (κ1) is 13.5. The van der Waals surface area contributed by atoms with Gasteiger partial charge in [-0.05, 0) is 19.1 Å². The highest BCUT2D eigenvalue weighted by molar-refractivity contribution is 7.09. The maximum absolute atomic E-state index is 9.26. The number of rotatable bonds is 4. The molecule has 104 valence electrons. The van der Waals surface area contributed by atoms with Gasteiger partial charge in [-0.1, -0.05) is 18.2 Å². The Balaban J connectivity index is 1.78. The summed E-state index contributed by atoms with van der Waals surface area (Å²) in [6.45, 7) is 2.71. The molecule has 5 heteroatoms. The van der Waals surface area contributed by atoms with Crippen molar-refractivity contribution in [3.63, 3.8) is 0 Å². The molecule has 0 aliphatic heterocycles. The van der Waals surface area contributed by atoms with Crippen molar-refractivity contribution in [3.05, 3.63) is 52.0 Å². The highest BCUT2D eigenvalue weighted by Gasteiger charge is 2.06. The van der Waals surface area contributed by atoms with Crippen LogP contribution in [0.15, 0.2) is 35.7 Å². The van der Waals surface area contributed by atoms with E-state index in [4.69, 9.17) is 0 Å². The third kappa shape index (κ3) is 3.01. The molecule has 2 aromatic heterocycles. The predicted molar refractivity (Wildman–Crippen MR) is 85.5 cm³/mol. The van der Waals surface area contributed by atoms with Gasteiger partial charge in [0.2, 0.25) is 0 Å². The summed E-state index contributed by atoms with van der Waals surface area (Å²) < 4.78 is 0. The number of hydrogen-bond donors (Lipinski definition) is 1. The molecule has 1 N–H and O–H groups in total. The van der Waals surface area contributed by atoms with Gasteiger partial charge in [0.15, 0.2) is 0 Å². The van der Waals surface area contributed by atoms with Crippen LogP contribution in [-0.2, 0) is 6.42 Å². The number of aryl methyl sites for hydroxylation is 1. The normalized spacial score (nSPS) is 10.5. The van der Waals surface area contributed by atoms with Crippen LogP contribution in [-0.4, -0.2) is 16.5 Å². The van der Waals surface area contributed by atoms with Crippen LogP contribution in [0.4, 0.5) is 5.82 Å². The molecule has 0 fully saturated rings. The molecule has 0 saturated carbocycles. The van der Waals surface area contributed by atoms with Crippen LogP contribution in [0.5, 0.6) is 0 Å². The van der Waals surface area contributed by atoms with Gasteiger partial charge in [0.1, 0.15) is 11.9 Å². The Labute approximate surface area is 127 Å². The van der Waals surface area contributed by atoms with Crippen LogP contribution in [0.1, 0.15) is 16.3 Å². The van der Waals surface area contributed by atoms with E-state index in [-0.39, 0.29) is 0 Å². The van der Waals surface area contributed by atoms with Gasteiger partial charge < -0.3 is 5.32 Å². The van der Waals surface area contributed by atoms with Crippen molar-refractivity contribution in [3.8, 4) is 6.07 Å². The summed E-state index contributed by atoms with van der Waals surface area (Å²) in [6, 6.07) is 11.9. The molecule has 0 amide bonds. The highest BCUT2D eigenvalue weighted by atomic mass is 32.1. The summed E-state index contributed by atoms with van der Waals surface area (Å²) in [5.74, 6) is 0.642. The van der Waals surface area contributed by atoms with E-state index in [2.05, 4.69) is 26.7 Å². The molecule has 0 aliphatic carbocycles. The van der Waals surface area contributed by atoms with Crippen LogP contribution >= 0.6 is 11.3 Å². The summed E-state index contributed by atoms with van der Waals surface area (Å²) in [4.78, 5) is 8.96. The van der Waals surface area contributed by atoms with Crippen molar-refractivity contribution in [2.45, 2.75) is 13.3 Å². The van der Waals surface area contributed by atoms with E-state index in [0.29, 0.717) is 17.9 Å². The maximum Gasteiger partial charge on any atom is 0.144 e. The number of nitrogens with zero attached hydrogens (tertiary/aromatic N) is 3. The molecule has 0 bridgehead atoms. The average molecular weight is 294 g/mol. The smallest absolute Gasteiger partial charge is 0.144 e. The van der Waals surface area contributed by atoms with Crippen molar-refractivity contribution in [2.75, 3.05) is 11.9 Å². The van der Waals surface area contributed by atoms with E-state index in [9.17, 15) is 5.26 Å². The molecule has 0 radical (unpaired) electrons. The summed E-state index contributed by atoms with van der Waals surface area (Å²) in [5.41, 5.74) is 2.54. The summed E-state index contributed by atoms with van der Waals surface area (Å²) >= 11 is 1.65. The van der Waals surface area contributed by atoms with E-state index >= 15 is 0 Å². The molecule has 3 rings (SSSR count). The minimum atomic E-state index is 0.572. The fraction of sp³-hybridized carbons (Fsp3) is 0.188. The van der Waals surface area contributed by atoms with Gasteiger partial charge in [-0.2, -0.15) is 5.26 Å². The number of pyridine rings is 1. The van der Waals surface area contributed by atoms with E-state index < -0.39 is 0 Å². The molecule has 0 spiro atoms. The van der Waals surface area contributed by atoms with E-state index in [1.807, 2.05) is 37.3 Å². The molecule has 0 unspecified atom stereocenters. The first-order valence-corrected chi connectivity index (χ1v) is 7.59. The fourth-order valence-corrected chi connectivity index (χ4v) is 2.82. The van der Waals surface area contributed by atoms with Crippen molar-refractivity contribution in [2.24, 2.45) is 0 Å². The van der Waals surface area contributed by atoms with Crippen LogP contribution in [0, 0.1) is 18.3 Å². The van der Waals surface area contributed by atoms with E-state index in [1.165, 1.54) is 0 Å². The molecule has 3 aromatic rings. The summed E-state index contributed by atoms with van der Waals surface area (Å²) in [7, 11) is 0. The molecule has 21 heavy (non-hydrogen) atoms. The molecule has 1 aromatic carbocycles. The highest BCUT2D eigenvalue weighted by Crippen LogP contribution is 2.19. The Morgan fingerprint density at radius 3 is 2.90 bits per heavy atom. The van der Waals surface area contributed by atoms with Crippen molar-refractivity contribution in [1.82, 2.24) is 9.97 Å². The quantitative estimate of drug-likeness (QED) is 0.799. The lowest BCUT2D eigenvalue weighted by atomic mass is 10.1. The van der Waals surface area contributed by atoms with Gasteiger partial charge in [0, 0.05) is 23.7 Å². The molecular weight excluding hydrogens is 280 g/mol. The minimum Gasteiger partial charge on any atom is -0.369 e. The third-order valence-corrected chi connectivity index (χ3v) is 4.01.